The Kier molecular flexibility index (Phi) is 3.95. The molecule has 9 heteroatoms. The van der Waals surface area contributed by atoms with Crippen molar-refractivity contribution in [3.63, 3.8) is 0 Å². The first-order valence-corrected chi connectivity index (χ1v) is 6.57. The van der Waals surface area contributed by atoms with Crippen molar-refractivity contribution in [1.82, 2.24) is 19.7 Å². The van der Waals surface area contributed by atoms with Gasteiger partial charge in [0.15, 0.2) is 0 Å². The number of hydrogen-bond donors (Lipinski definition) is 1. The van der Waals surface area contributed by atoms with Crippen molar-refractivity contribution in [1.29, 1.82) is 5.26 Å². The summed E-state index contributed by atoms with van der Waals surface area (Å²) >= 11 is 0. The monoisotopic (exact) mass is 302 g/mol. The smallest absolute Gasteiger partial charge is 0.314 e. The van der Waals surface area contributed by atoms with E-state index >= 15 is 0 Å². The maximum atomic E-state index is 12.7. The SMILES string of the molecule is CC(CC(C)(N)C#N)N1CCn2c(nnc2C(F)(F)F)C1. The van der Waals surface area contributed by atoms with Gasteiger partial charge in [-0.2, -0.15) is 18.4 Å². The fourth-order valence-electron chi connectivity index (χ4n) is 2.55. The van der Waals surface area contributed by atoms with Crippen LogP contribution in [0, 0.1) is 11.3 Å². The highest BCUT2D eigenvalue weighted by atomic mass is 19.4. The highest BCUT2D eigenvalue weighted by Crippen LogP contribution is 2.30. The summed E-state index contributed by atoms with van der Waals surface area (Å²) in [5.41, 5.74) is 4.85. The molecule has 0 fully saturated rings. The van der Waals surface area contributed by atoms with Gasteiger partial charge >= 0.3 is 6.18 Å². The summed E-state index contributed by atoms with van der Waals surface area (Å²) in [6.45, 7) is 4.43. The first-order chi connectivity index (χ1) is 9.64. The zero-order valence-corrected chi connectivity index (χ0v) is 11.9. The average Bonchev–Trinajstić information content (AvgIpc) is 2.80. The molecule has 6 nitrogen and oxygen atoms in total. The first kappa shape index (κ1) is 15.7. The van der Waals surface area contributed by atoms with Crippen LogP contribution in [0.5, 0.6) is 0 Å². The summed E-state index contributed by atoms with van der Waals surface area (Å²) in [4.78, 5) is 1.96. The predicted octanol–water partition coefficient (Wildman–Crippen LogP) is 1.13. The molecule has 2 heterocycles. The van der Waals surface area contributed by atoms with Gasteiger partial charge in [-0.05, 0) is 20.3 Å². The van der Waals surface area contributed by atoms with E-state index in [1.807, 2.05) is 17.9 Å². The van der Waals surface area contributed by atoms with Crippen LogP contribution in [0.4, 0.5) is 13.2 Å². The number of halogens is 3. The maximum absolute atomic E-state index is 12.7. The van der Waals surface area contributed by atoms with E-state index in [9.17, 15) is 13.2 Å². The molecule has 116 valence electrons. The van der Waals surface area contributed by atoms with Gasteiger partial charge in [0.1, 0.15) is 11.4 Å². The minimum absolute atomic E-state index is 0.0283. The summed E-state index contributed by atoms with van der Waals surface area (Å²) in [7, 11) is 0. The van der Waals surface area contributed by atoms with Gasteiger partial charge in [-0.1, -0.05) is 0 Å². The topological polar surface area (TPSA) is 83.8 Å². The second kappa shape index (κ2) is 5.27. The molecule has 0 bridgehead atoms. The van der Waals surface area contributed by atoms with E-state index in [4.69, 9.17) is 11.0 Å². The lowest BCUT2D eigenvalue weighted by Crippen LogP contribution is -2.46. The van der Waals surface area contributed by atoms with Crippen molar-refractivity contribution in [2.24, 2.45) is 5.73 Å². The largest absolute Gasteiger partial charge is 0.451 e. The van der Waals surface area contributed by atoms with Gasteiger partial charge in [-0.25, -0.2) is 0 Å². The fourth-order valence-corrected chi connectivity index (χ4v) is 2.55. The second-order valence-corrected chi connectivity index (χ2v) is 5.64. The molecular formula is C12H17F3N6. The van der Waals surface area contributed by atoms with Gasteiger partial charge in [0.2, 0.25) is 5.82 Å². The third-order valence-corrected chi connectivity index (χ3v) is 3.63. The zero-order valence-electron chi connectivity index (χ0n) is 11.9. The highest BCUT2D eigenvalue weighted by molar-refractivity contribution is 5.05. The Bertz CT molecular complexity index is 556. The molecule has 0 spiro atoms. The Morgan fingerprint density at radius 1 is 1.38 bits per heavy atom. The third-order valence-electron chi connectivity index (χ3n) is 3.63. The van der Waals surface area contributed by atoms with Crippen LogP contribution in [0.15, 0.2) is 0 Å². The number of aromatic nitrogens is 3. The summed E-state index contributed by atoms with van der Waals surface area (Å²) in [6, 6.07) is 2.00. The van der Waals surface area contributed by atoms with E-state index in [0.717, 1.165) is 4.57 Å². The van der Waals surface area contributed by atoms with Gasteiger partial charge in [-0.3, -0.25) is 4.90 Å². The number of fused-ring (bicyclic) bond motifs is 1. The van der Waals surface area contributed by atoms with Crippen LogP contribution in [0.25, 0.3) is 0 Å². The fraction of sp³-hybridized carbons (Fsp3) is 0.750. The molecule has 1 aliphatic heterocycles. The van der Waals surface area contributed by atoms with Crippen molar-refractivity contribution in [2.45, 2.75) is 51.1 Å². The maximum Gasteiger partial charge on any atom is 0.451 e. The molecule has 0 aliphatic carbocycles. The average molecular weight is 302 g/mol. The lowest BCUT2D eigenvalue weighted by atomic mass is 9.95. The molecule has 0 amide bonds. The quantitative estimate of drug-likeness (QED) is 0.905. The van der Waals surface area contributed by atoms with Gasteiger partial charge in [0, 0.05) is 19.1 Å². The lowest BCUT2D eigenvalue weighted by Gasteiger charge is -2.35. The van der Waals surface area contributed by atoms with Crippen LogP contribution in [0.2, 0.25) is 0 Å². The lowest BCUT2D eigenvalue weighted by molar-refractivity contribution is -0.148. The Morgan fingerprint density at radius 3 is 2.62 bits per heavy atom. The van der Waals surface area contributed by atoms with Gasteiger partial charge in [-0.15, -0.1) is 10.2 Å². The standard InChI is InChI=1S/C12H17F3N6/c1-8(5-11(2,17)7-16)20-3-4-21-9(6-20)18-19-10(21)12(13,14)15/h8H,3-6,17H2,1-2H3. The minimum atomic E-state index is -4.49. The normalized spacial score (nSPS) is 20.4. The van der Waals surface area contributed by atoms with Crippen molar-refractivity contribution in [3.8, 4) is 6.07 Å². The number of nitrogens with zero attached hydrogens (tertiary/aromatic N) is 5. The molecule has 2 N–H and O–H groups in total. The number of hydrogen-bond acceptors (Lipinski definition) is 5. The van der Waals surface area contributed by atoms with Crippen LogP contribution < -0.4 is 5.73 Å². The van der Waals surface area contributed by atoms with E-state index in [1.54, 1.807) is 6.92 Å². The molecular weight excluding hydrogens is 285 g/mol. The van der Waals surface area contributed by atoms with Crippen molar-refractivity contribution in [3.05, 3.63) is 11.6 Å². The number of nitrogens with two attached hydrogens (primary N) is 1. The number of nitriles is 1. The van der Waals surface area contributed by atoms with E-state index in [2.05, 4.69) is 10.2 Å². The van der Waals surface area contributed by atoms with Crippen LogP contribution in [-0.4, -0.2) is 37.8 Å². The van der Waals surface area contributed by atoms with Crippen molar-refractivity contribution < 1.29 is 13.2 Å². The van der Waals surface area contributed by atoms with E-state index in [-0.39, 0.29) is 25.0 Å². The molecule has 2 atom stereocenters. The molecule has 1 aromatic rings. The summed E-state index contributed by atoms with van der Waals surface area (Å²) in [6.07, 6.45) is -4.06. The molecule has 0 aromatic carbocycles. The van der Waals surface area contributed by atoms with E-state index in [0.29, 0.717) is 13.0 Å². The van der Waals surface area contributed by atoms with E-state index in [1.165, 1.54) is 0 Å². The Labute approximate surface area is 120 Å². The Morgan fingerprint density at radius 2 is 2.05 bits per heavy atom. The van der Waals surface area contributed by atoms with Crippen molar-refractivity contribution in [2.75, 3.05) is 6.54 Å². The predicted molar refractivity (Wildman–Crippen MR) is 67.7 cm³/mol. The Hall–Kier alpha value is -1.66. The van der Waals surface area contributed by atoms with Crippen LogP contribution in [-0.2, 0) is 19.3 Å². The number of alkyl halides is 3. The molecule has 0 saturated heterocycles. The van der Waals surface area contributed by atoms with E-state index < -0.39 is 17.5 Å². The van der Waals surface area contributed by atoms with Crippen LogP contribution >= 0.6 is 0 Å². The second-order valence-electron chi connectivity index (χ2n) is 5.64. The molecule has 2 rings (SSSR count). The molecule has 1 aromatic heterocycles. The Balaban J connectivity index is 2.11. The van der Waals surface area contributed by atoms with Gasteiger partial charge in [0.05, 0.1) is 12.6 Å². The van der Waals surface area contributed by atoms with Crippen LogP contribution in [0.1, 0.15) is 31.9 Å². The number of rotatable bonds is 3. The molecule has 2 unspecified atom stereocenters. The summed E-state index contributed by atoms with van der Waals surface area (Å²) < 4.78 is 39.3. The van der Waals surface area contributed by atoms with Gasteiger partial charge in [0.25, 0.3) is 0 Å². The minimum Gasteiger partial charge on any atom is -0.314 e. The molecule has 21 heavy (non-hydrogen) atoms. The molecule has 0 saturated carbocycles. The van der Waals surface area contributed by atoms with Crippen LogP contribution in [0.3, 0.4) is 0 Å². The first-order valence-electron chi connectivity index (χ1n) is 6.57. The molecule has 1 aliphatic rings. The summed E-state index contributed by atoms with van der Waals surface area (Å²) in [5, 5.41) is 15.8. The zero-order chi connectivity index (χ0) is 15.8. The summed E-state index contributed by atoms with van der Waals surface area (Å²) in [5.74, 6) is -0.665. The third kappa shape index (κ3) is 3.33. The molecule has 0 radical (unpaired) electrons. The highest BCUT2D eigenvalue weighted by Gasteiger charge is 2.40. The van der Waals surface area contributed by atoms with Crippen molar-refractivity contribution >= 4 is 0 Å². The van der Waals surface area contributed by atoms with Gasteiger partial charge < -0.3 is 10.3 Å².